The molecule has 11 rings (SSSR count). The largest absolute Gasteiger partial charge is 0.0619 e. The molecule has 1 aliphatic carbocycles. The van der Waals surface area contributed by atoms with Crippen LogP contribution in [0.2, 0.25) is 0 Å². The minimum absolute atomic E-state index is 0.0769. The molecule has 0 unspecified atom stereocenters. The Morgan fingerprint density at radius 1 is 0.310 bits per heavy atom. The van der Waals surface area contributed by atoms with Gasteiger partial charge in [0, 0.05) is 5.41 Å². The molecule has 58 heavy (non-hydrogen) atoms. The third kappa shape index (κ3) is 5.14. The first-order chi connectivity index (χ1) is 28.4. The molecule has 0 fully saturated rings. The molecule has 0 radical (unpaired) electrons. The second-order valence-electron chi connectivity index (χ2n) is 17.0. The van der Waals surface area contributed by atoms with Crippen LogP contribution in [-0.2, 0) is 5.41 Å². The maximum Gasteiger partial charge on any atom is 0.0159 e. The van der Waals surface area contributed by atoms with Crippen LogP contribution in [0.1, 0.15) is 50.3 Å². The van der Waals surface area contributed by atoms with Crippen LogP contribution in [0.4, 0.5) is 0 Å². The van der Waals surface area contributed by atoms with Crippen LogP contribution in [0.15, 0.2) is 188 Å². The Hall–Kier alpha value is -6.76. The fourth-order valence-electron chi connectivity index (χ4n) is 10.2. The van der Waals surface area contributed by atoms with Gasteiger partial charge in [-0.2, -0.15) is 0 Å². The van der Waals surface area contributed by atoms with Gasteiger partial charge in [-0.1, -0.05) is 210 Å². The molecule has 0 aliphatic heterocycles. The van der Waals surface area contributed by atoms with Gasteiger partial charge in [0.2, 0.25) is 0 Å². The molecule has 0 N–H and O–H groups in total. The lowest BCUT2D eigenvalue weighted by Crippen LogP contribution is -2.14. The lowest BCUT2D eigenvalue weighted by Gasteiger charge is -2.24. The van der Waals surface area contributed by atoms with E-state index in [0.717, 1.165) is 0 Å². The van der Waals surface area contributed by atoms with Gasteiger partial charge in [0.1, 0.15) is 0 Å². The highest BCUT2D eigenvalue weighted by molar-refractivity contribution is 6.30. The molecule has 0 saturated carbocycles. The summed E-state index contributed by atoms with van der Waals surface area (Å²) in [5, 5.41) is 10.2. The average molecular weight is 741 g/mol. The Morgan fingerprint density at radius 2 is 0.655 bits per heavy atom. The van der Waals surface area contributed by atoms with Gasteiger partial charge < -0.3 is 0 Å². The second kappa shape index (κ2) is 13.2. The van der Waals surface area contributed by atoms with Gasteiger partial charge in [0.25, 0.3) is 0 Å². The van der Waals surface area contributed by atoms with E-state index in [4.69, 9.17) is 0 Å². The molecule has 0 bridgehead atoms. The summed E-state index contributed by atoms with van der Waals surface area (Å²) in [5.74, 6) is 0.519. The van der Waals surface area contributed by atoms with Crippen molar-refractivity contribution in [3.8, 4) is 55.6 Å². The first-order valence-electron chi connectivity index (χ1n) is 20.7. The normalized spacial score (nSPS) is 13.1. The molecule has 1 aliphatic rings. The van der Waals surface area contributed by atoms with Crippen molar-refractivity contribution in [1.82, 2.24) is 0 Å². The summed E-state index contributed by atoms with van der Waals surface area (Å²) in [6, 6.07) is 70.7. The number of hydrogen-bond acceptors (Lipinski definition) is 0. The predicted molar refractivity (Wildman–Crippen MR) is 250 cm³/mol. The second-order valence-corrected chi connectivity index (χ2v) is 17.0. The number of benzene rings is 10. The van der Waals surface area contributed by atoms with Gasteiger partial charge in [0.15, 0.2) is 0 Å². The monoisotopic (exact) mass is 740 g/mol. The van der Waals surface area contributed by atoms with Crippen molar-refractivity contribution in [3.63, 3.8) is 0 Å². The van der Waals surface area contributed by atoms with Gasteiger partial charge in [-0.15, -0.1) is 0 Å². The van der Waals surface area contributed by atoms with E-state index >= 15 is 0 Å². The highest BCUT2D eigenvalue weighted by atomic mass is 14.4. The van der Waals surface area contributed by atoms with Gasteiger partial charge >= 0.3 is 0 Å². The molecule has 0 amide bonds. The summed E-state index contributed by atoms with van der Waals surface area (Å²) in [4.78, 5) is 0. The van der Waals surface area contributed by atoms with E-state index in [1.165, 1.54) is 115 Å². The van der Waals surface area contributed by atoms with Crippen molar-refractivity contribution in [2.45, 2.75) is 39.0 Å². The van der Waals surface area contributed by atoms with Crippen LogP contribution in [0.3, 0.4) is 0 Å². The zero-order chi connectivity index (χ0) is 39.1. The summed E-state index contributed by atoms with van der Waals surface area (Å²) in [7, 11) is 0. The van der Waals surface area contributed by atoms with E-state index < -0.39 is 0 Å². The lowest BCUT2D eigenvalue weighted by molar-refractivity contribution is 0.660. The standard InChI is InChI=1S/C58H44/c1-36(2)37-25-27-38(28-26-37)39-29-31-40(32-30-39)54-44-16-5-9-20-48(44)56(49-21-10-6-17-45(49)54)57-50-22-11-7-18-46(50)55(47-19-8-12-23-51(47)57)41-33-34-43-42-15-13-14-24-52(42)58(3,4)53(43)35-41/h5-36H,1-4H3. The van der Waals surface area contributed by atoms with Crippen molar-refractivity contribution in [2.24, 2.45) is 0 Å². The van der Waals surface area contributed by atoms with Crippen LogP contribution in [0.25, 0.3) is 98.7 Å². The predicted octanol–water partition coefficient (Wildman–Crippen LogP) is 16.4. The van der Waals surface area contributed by atoms with Crippen molar-refractivity contribution >= 4 is 43.1 Å². The van der Waals surface area contributed by atoms with E-state index in [1.54, 1.807) is 0 Å². The molecule has 0 atom stereocenters. The maximum absolute atomic E-state index is 2.48. The third-order valence-corrected chi connectivity index (χ3v) is 13.1. The molecule has 10 aromatic rings. The summed E-state index contributed by atoms with van der Waals surface area (Å²) >= 11 is 0. The number of rotatable bonds is 5. The van der Waals surface area contributed by atoms with Gasteiger partial charge in [-0.3, -0.25) is 0 Å². The SMILES string of the molecule is CC(C)c1ccc(-c2ccc(-c3c4ccccc4c(-c4c5ccccc5c(-c5ccc6c(c5)C(C)(C)c5ccccc5-6)c5ccccc45)c4ccccc34)cc2)cc1. The quantitative estimate of drug-likeness (QED) is 0.154. The third-order valence-electron chi connectivity index (χ3n) is 13.1. The number of fused-ring (bicyclic) bond motifs is 7. The first-order valence-corrected chi connectivity index (χ1v) is 20.7. The first kappa shape index (κ1) is 34.5. The average Bonchev–Trinajstić information content (AvgIpc) is 3.50. The molecule has 10 aromatic carbocycles. The van der Waals surface area contributed by atoms with Gasteiger partial charge in [0.05, 0.1) is 0 Å². The zero-order valence-electron chi connectivity index (χ0n) is 33.5. The van der Waals surface area contributed by atoms with E-state index in [2.05, 4.69) is 216 Å². The van der Waals surface area contributed by atoms with E-state index in [0.29, 0.717) is 5.92 Å². The molecule has 276 valence electrons. The summed E-state index contributed by atoms with van der Waals surface area (Å²) in [6.45, 7) is 9.25. The summed E-state index contributed by atoms with van der Waals surface area (Å²) < 4.78 is 0. The molecule has 0 heterocycles. The Kier molecular flexibility index (Phi) is 7.82. The van der Waals surface area contributed by atoms with Crippen LogP contribution >= 0.6 is 0 Å². The Bertz CT molecular complexity index is 3130. The molecule has 0 aromatic heterocycles. The molecular weight excluding hydrogens is 697 g/mol. The fourth-order valence-corrected chi connectivity index (χ4v) is 10.2. The maximum atomic E-state index is 2.48. The summed E-state index contributed by atoms with van der Waals surface area (Å²) in [5.41, 5.74) is 16.9. The highest BCUT2D eigenvalue weighted by Gasteiger charge is 2.35. The minimum Gasteiger partial charge on any atom is -0.0619 e. The topological polar surface area (TPSA) is 0 Å². The molecule has 0 saturated heterocycles. The zero-order valence-corrected chi connectivity index (χ0v) is 33.5. The van der Waals surface area contributed by atoms with Crippen LogP contribution in [-0.4, -0.2) is 0 Å². The van der Waals surface area contributed by atoms with Crippen LogP contribution in [0, 0.1) is 0 Å². The van der Waals surface area contributed by atoms with Crippen molar-refractivity contribution in [1.29, 1.82) is 0 Å². The Labute approximate surface area is 341 Å². The van der Waals surface area contributed by atoms with Crippen molar-refractivity contribution in [3.05, 3.63) is 205 Å². The van der Waals surface area contributed by atoms with Crippen molar-refractivity contribution < 1.29 is 0 Å². The van der Waals surface area contributed by atoms with Crippen LogP contribution in [0.5, 0.6) is 0 Å². The van der Waals surface area contributed by atoms with Crippen LogP contribution < -0.4 is 0 Å². The molecule has 0 nitrogen and oxygen atoms in total. The Morgan fingerprint density at radius 3 is 1.12 bits per heavy atom. The van der Waals surface area contributed by atoms with E-state index in [9.17, 15) is 0 Å². The highest BCUT2D eigenvalue weighted by Crippen LogP contribution is 2.53. The summed E-state index contributed by atoms with van der Waals surface area (Å²) in [6.07, 6.45) is 0. The fraction of sp³-hybridized carbons (Fsp3) is 0.103. The number of hydrogen-bond donors (Lipinski definition) is 0. The van der Waals surface area contributed by atoms with Gasteiger partial charge in [-0.25, -0.2) is 0 Å². The van der Waals surface area contributed by atoms with Crippen molar-refractivity contribution in [2.75, 3.05) is 0 Å². The molecule has 0 heteroatoms. The smallest absolute Gasteiger partial charge is 0.0159 e. The Balaban J connectivity index is 1.15. The molecular formula is C58H44. The molecule has 0 spiro atoms. The van der Waals surface area contributed by atoms with Gasteiger partial charge in [-0.05, 0) is 127 Å². The van der Waals surface area contributed by atoms with E-state index in [-0.39, 0.29) is 5.41 Å². The minimum atomic E-state index is -0.0769. The lowest BCUT2D eigenvalue weighted by atomic mass is 9.79. The van der Waals surface area contributed by atoms with E-state index in [1.807, 2.05) is 0 Å².